The lowest BCUT2D eigenvalue weighted by Crippen LogP contribution is -2.04. The first-order valence-corrected chi connectivity index (χ1v) is 5.84. The standard InChI is InChI=1S/C15H15NO2.ClH/c1-2-17-15(16)12-8-10-14(11-9-12)18-13-6-4-3-5-7-13;/h3-11,16H,2H2,1H3;1H. The van der Waals surface area contributed by atoms with Gasteiger partial charge in [-0.15, -0.1) is 12.4 Å². The molecule has 0 fully saturated rings. The second kappa shape index (κ2) is 7.44. The van der Waals surface area contributed by atoms with Crippen LogP contribution in [0, 0.1) is 5.41 Å². The van der Waals surface area contributed by atoms with Gasteiger partial charge in [-0.2, -0.15) is 0 Å². The number of rotatable bonds is 4. The average Bonchev–Trinajstić information content (AvgIpc) is 2.41. The predicted molar refractivity (Wildman–Crippen MR) is 78.7 cm³/mol. The molecule has 0 aliphatic carbocycles. The van der Waals surface area contributed by atoms with Crippen molar-refractivity contribution in [2.45, 2.75) is 6.92 Å². The van der Waals surface area contributed by atoms with Crippen LogP contribution in [0.25, 0.3) is 0 Å². The zero-order valence-corrected chi connectivity index (χ0v) is 11.4. The average molecular weight is 278 g/mol. The maximum Gasteiger partial charge on any atom is 0.213 e. The Labute approximate surface area is 119 Å². The number of nitrogens with one attached hydrogen (secondary N) is 1. The van der Waals surface area contributed by atoms with E-state index in [0.29, 0.717) is 6.61 Å². The van der Waals surface area contributed by atoms with E-state index in [1.807, 2.05) is 61.5 Å². The third-order valence-corrected chi connectivity index (χ3v) is 2.38. The molecule has 4 heteroatoms. The van der Waals surface area contributed by atoms with Gasteiger partial charge in [0.1, 0.15) is 11.5 Å². The Morgan fingerprint density at radius 1 is 0.947 bits per heavy atom. The van der Waals surface area contributed by atoms with Crippen LogP contribution in [0.5, 0.6) is 11.5 Å². The highest BCUT2D eigenvalue weighted by Crippen LogP contribution is 2.21. The molecular formula is C15H16ClNO2. The number of ether oxygens (including phenoxy) is 2. The van der Waals surface area contributed by atoms with Gasteiger partial charge in [0.05, 0.1) is 6.61 Å². The normalized spacial score (nSPS) is 9.32. The first-order chi connectivity index (χ1) is 8.79. The molecule has 0 spiro atoms. The zero-order valence-electron chi connectivity index (χ0n) is 10.6. The third kappa shape index (κ3) is 4.30. The molecule has 0 bridgehead atoms. The minimum atomic E-state index is 0. The van der Waals surface area contributed by atoms with Crippen LogP contribution < -0.4 is 4.74 Å². The molecule has 2 aromatic carbocycles. The molecule has 19 heavy (non-hydrogen) atoms. The molecule has 0 aliphatic heterocycles. The van der Waals surface area contributed by atoms with Crippen molar-refractivity contribution >= 4 is 18.3 Å². The van der Waals surface area contributed by atoms with E-state index >= 15 is 0 Å². The summed E-state index contributed by atoms with van der Waals surface area (Å²) in [5.74, 6) is 1.73. The van der Waals surface area contributed by atoms with Gasteiger partial charge in [0.25, 0.3) is 0 Å². The smallest absolute Gasteiger partial charge is 0.213 e. The minimum Gasteiger partial charge on any atom is -0.478 e. The van der Waals surface area contributed by atoms with E-state index in [1.54, 1.807) is 0 Å². The fraction of sp³-hybridized carbons (Fsp3) is 0.133. The first-order valence-electron chi connectivity index (χ1n) is 5.84. The molecule has 0 unspecified atom stereocenters. The van der Waals surface area contributed by atoms with Gasteiger partial charge in [0.2, 0.25) is 5.90 Å². The maximum atomic E-state index is 7.66. The van der Waals surface area contributed by atoms with Crippen LogP contribution in [-0.4, -0.2) is 12.5 Å². The van der Waals surface area contributed by atoms with Crippen molar-refractivity contribution < 1.29 is 9.47 Å². The molecule has 0 atom stereocenters. The number of hydrogen-bond donors (Lipinski definition) is 1. The topological polar surface area (TPSA) is 42.3 Å². The number of halogens is 1. The van der Waals surface area contributed by atoms with Crippen molar-refractivity contribution in [2.75, 3.05) is 6.61 Å². The van der Waals surface area contributed by atoms with Crippen LogP contribution in [0.4, 0.5) is 0 Å². The van der Waals surface area contributed by atoms with E-state index in [9.17, 15) is 0 Å². The van der Waals surface area contributed by atoms with E-state index in [2.05, 4.69) is 0 Å². The Morgan fingerprint density at radius 3 is 2.11 bits per heavy atom. The predicted octanol–water partition coefficient (Wildman–Crippen LogP) is 4.26. The molecule has 0 aromatic heterocycles. The number of hydrogen-bond acceptors (Lipinski definition) is 3. The molecule has 0 amide bonds. The van der Waals surface area contributed by atoms with Gasteiger partial charge >= 0.3 is 0 Å². The fourth-order valence-corrected chi connectivity index (χ4v) is 1.53. The van der Waals surface area contributed by atoms with Crippen LogP contribution in [0.1, 0.15) is 12.5 Å². The Balaban J connectivity index is 0.00000180. The van der Waals surface area contributed by atoms with Crippen molar-refractivity contribution in [1.82, 2.24) is 0 Å². The molecule has 2 aromatic rings. The van der Waals surface area contributed by atoms with Gasteiger partial charge in [-0.3, -0.25) is 5.41 Å². The van der Waals surface area contributed by atoms with Crippen molar-refractivity contribution in [2.24, 2.45) is 0 Å². The summed E-state index contributed by atoms with van der Waals surface area (Å²) in [6, 6.07) is 16.9. The maximum absolute atomic E-state index is 7.66. The van der Waals surface area contributed by atoms with Crippen molar-refractivity contribution in [3.05, 3.63) is 60.2 Å². The Hall–Kier alpha value is -2.00. The van der Waals surface area contributed by atoms with E-state index in [-0.39, 0.29) is 18.3 Å². The van der Waals surface area contributed by atoms with E-state index < -0.39 is 0 Å². The second-order valence-electron chi connectivity index (χ2n) is 3.70. The monoisotopic (exact) mass is 277 g/mol. The quantitative estimate of drug-likeness (QED) is 0.670. The molecule has 0 saturated carbocycles. The lowest BCUT2D eigenvalue weighted by atomic mass is 10.2. The summed E-state index contributed by atoms with van der Waals surface area (Å²) in [6.45, 7) is 2.36. The van der Waals surface area contributed by atoms with Gasteiger partial charge in [-0.05, 0) is 43.3 Å². The van der Waals surface area contributed by atoms with Gasteiger partial charge in [-0.25, -0.2) is 0 Å². The van der Waals surface area contributed by atoms with Crippen LogP contribution in [0.2, 0.25) is 0 Å². The van der Waals surface area contributed by atoms with Crippen LogP contribution >= 0.6 is 12.4 Å². The van der Waals surface area contributed by atoms with E-state index in [4.69, 9.17) is 14.9 Å². The summed E-state index contributed by atoms with van der Waals surface area (Å²) in [5.41, 5.74) is 0.747. The largest absolute Gasteiger partial charge is 0.478 e. The summed E-state index contributed by atoms with van der Waals surface area (Å²) in [6.07, 6.45) is 0. The summed E-state index contributed by atoms with van der Waals surface area (Å²) >= 11 is 0. The minimum absolute atomic E-state index is 0. The molecule has 0 heterocycles. The van der Waals surface area contributed by atoms with Gasteiger partial charge in [0.15, 0.2) is 0 Å². The highest BCUT2D eigenvalue weighted by Gasteiger charge is 2.02. The lowest BCUT2D eigenvalue weighted by Gasteiger charge is -2.07. The Bertz CT molecular complexity index is 511. The van der Waals surface area contributed by atoms with Crippen molar-refractivity contribution in [3.8, 4) is 11.5 Å². The molecule has 100 valence electrons. The number of benzene rings is 2. The summed E-state index contributed by atoms with van der Waals surface area (Å²) < 4.78 is 10.8. The lowest BCUT2D eigenvalue weighted by molar-refractivity contribution is 0.325. The molecule has 0 radical (unpaired) electrons. The molecule has 0 saturated heterocycles. The second-order valence-corrected chi connectivity index (χ2v) is 3.70. The first kappa shape index (κ1) is 15.1. The molecule has 0 aliphatic rings. The summed E-state index contributed by atoms with van der Waals surface area (Å²) in [4.78, 5) is 0. The van der Waals surface area contributed by atoms with E-state index in [0.717, 1.165) is 17.1 Å². The van der Waals surface area contributed by atoms with Gasteiger partial charge < -0.3 is 9.47 Å². The summed E-state index contributed by atoms with van der Waals surface area (Å²) in [5, 5.41) is 7.66. The Morgan fingerprint density at radius 2 is 1.53 bits per heavy atom. The highest BCUT2D eigenvalue weighted by atomic mass is 35.5. The molecule has 2 rings (SSSR count). The van der Waals surface area contributed by atoms with Crippen molar-refractivity contribution in [3.63, 3.8) is 0 Å². The summed E-state index contributed by atoms with van der Waals surface area (Å²) in [7, 11) is 0. The van der Waals surface area contributed by atoms with Crippen molar-refractivity contribution in [1.29, 1.82) is 5.41 Å². The fourth-order valence-electron chi connectivity index (χ4n) is 1.53. The zero-order chi connectivity index (χ0) is 12.8. The van der Waals surface area contributed by atoms with Crippen LogP contribution in [0.3, 0.4) is 0 Å². The molecular weight excluding hydrogens is 262 g/mol. The van der Waals surface area contributed by atoms with Gasteiger partial charge in [0, 0.05) is 5.56 Å². The van der Waals surface area contributed by atoms with Crippen LogP contribution in [-0.2, 0) is 4.74 Å². The van der Waals surface area contributed by atoms with Gasteiger partial charge in [-0.1, -0.05) is 18.2 Å². The SMILES string of the molecule is CCOC(=N)c1ccc(Oc2ccccc2)cc1.Cl. The molecule has 1 N–H and O–H groups in total. The van der Waals surface area contributed by atoms with Crippen LogP contribution in [0.15, 0.2) is 54.6 Å². The third-order valence-electron chi connectivity index (χ3n) is 2.38. The Kier molecular flexibility index (Phi) is 5.90. The highest BCUT2D eigenvalue weighted by molar-refractivity contribution is 5.91. The molecule has 3 nitrogen and oxygen atoms in total. The van der Waals surface area contributed by atoms with E-state index in [1.165, 1.54) is 0 Å². The number of para-hydroxylation sites is 1.